The molecular formula is C23H27N5O. The number of carbonyl (C=O) groups excluding carboxylic acids is 1. The van der Waals surface area contributed by atoms with E-state index >= 15 is 0 Å². The van der Waals surface area contributed by atoms with Crippen molar-refractivity contribution in [3.8, 4) is 0 Å². The number of aryl methyl sites for hydroxylation is 1. The van der Waals surface area contributed by atoms with Gasteiger partial charge in [-0.2, -0.15) is 5.10 Å². The first-order valence-electron chi connectivity index (χ1n) is 10.2. The van der Waals surface area contributed by atoms with Crippen molar-refractivity contribution in [2.75, 3.05) is 11.4 Å². The lowest BCUT2D eigenvalue weighted by atomic mass is 9.96. The number of para-hydroxylation sites is 1. The van der Waals surface area contributed by atoms with E-state index in [9.17, 15) is 4.79 Å². The van der Waals surface area contributed by atoms with Gasteiger partial charge >= 0.3 is 0 Å². The number of carbonyl (C=O) groups is 1. The SMILES string of the molecule is C[C@H]1CCc2ccccc2N1CCC(=O)NCc1ccc(Cn2cncn2)cc1. The van der Waals surface area contributed by atoms with Crippen LogP contribution in [0, 0.1) is 0 Å². The maximum atomic E-state index is 12.4. The first-order chi connectivity index (χ1) is 14.2. The largest absolute Gasteiger partial charge is 0.368 e. The van der Waals surface area contributed by atoms with Crippen LogP contribution in [-0.2, 0) is 24.3 Å². The van der Waals surface area contributed by atoms with Gasteiger partial charge in [-0.25, -0.2) is 9.67 Å². The molecule has 6 nitrogen and oxygen atoms in total. The first kappa shape index (κ1) is 19.2. The van der Waals surface area contributed by atoms with E-state index in [0.717, 1.165) is 30.5 Å². The molecule has 1 N–H and O–H groups in total. The minimum atomic E-state index is 0.0898. The van der Waals surface area contributed by atoms with Gasteiger partial charge < -0.3 is 10.2 Å². The van der Waals surface area contributed by atoms with Gasteiger partial charge in [0.15, 0.2) is 0 Å². The molecule has 0 bridgehead atoms. The molecule has 1 amide bonds. The number of nitrogens with one attached hydrogen (secondary N) is 1. The van der Waals surface area contributed by atoms with E-state index in [1.165, 1.54) is 17.6 Å². The Labute approximate surface area is 171 Å². The lowest BCUT2D eigenvalue weighted by Crippen LogP contribution is -2.39. The summed E-state index contributed by atoms with van der Waals surface area (Å²) in [6.45, 7) is 4.24. The van der Waals surface area contributed by atoms with Crippen LogP contribution in [-0.4, -0.2) is 33.3 Å². The zero-order valence-corrected chi connectivity index (χ0v) is 16.8. The molecule has 1 aromatic heterocycles. The number of rotatable bonds is 7. The number of nitrogens with zero attached hydrogens (tertiary/aromatic N) is 4. The fraction of sp³-hybridized carbons (Fsp3) is 0.348. The number of aromatic nitrogens is 3. The van der Waals surface area contributed by atoms with Crippen LogP contribution >= 0.6 is 0 Å². The number of hydrogen-bond acceptors (Lipinski definition) is 4. The monoisotopic (exact) mass is 389 g/mol. The van der Waals surface area contributed by atoms with E-state index in [1.54, 1.807) is 11.0 Å². The number of anilines is 1. The topological polar surface area (TPSA) is 63.1 Å². The van der Waals surface area contributed by atoms with E-state index < -0.39 is 0 Å². The molecule has 0 fully saturated rings. The van der Waals surface area contributed by atoms with Gasteiger partial charge in [-0.05, 0) is 42.5 Å². The van der Waals surface area contributed by atoms with Crippen LogP contribution in [0.3, 0.4) is 0 Å². The maximum absolute atomic E-state index is 12.4. The maximum Gasteiger partial charge on any atom is 0.222 e. The fourth-order valence-corrected chi connectivity index (χ4v) is 3.88. The molecule has 29 heavy (non-hydrogen) atoms. The molecule has 150 valence electrons. The van der Waals surface area contributed by atoms with Crippen molar-refractivity contribution in [1.29, 1.82) is 0 Å². The van der Waals surface area contributed by atoms with Crippen LogP contribution in [0.25, 0.3) is 0 Å². The molecule has 0 saturated carbocycles. The van der Waals surface area contributed by atoms with Crippen molar-refractivity contribution < 1.29 is 4.79 Å². The Morgan fingerprint density at radius 2 is 1.93 bits per heavy atom. The molecule has 0 unspecified atom stereocenters. The molecule has 6 heteroatoms. The average Bonchev–Trinajstić information content (AvgIpc) is 3.25. The Bertz CT molecular complexity index is 936. The third kappa shape index (κ3) is 4.83. The quantitative estimate of drug-likeness (QED) is 0.674. The third-order valence-electron chi connectivity index (χ3n) is 5.57. The highest BCUT2D eigenvalue weighted by molar-refractivity contribution is 5.76. The predicted molar refractivity (Wildman–Crippen MR) is 114 cm³/mol. The number of hydrogen-bond donors (Lipinski definition) is 1. The van der Waals surface area contributed by atoms with Gasteiger partial charge in [-0.15, -0.1) is 0 Å². The van der Waals surface area contributed by atoms with Crippen LogP contribution < -0.4 is 10.2 Å². The van der Waals surface area contributed by atoms with Gasteiger partial charge in [0.05, 0.1) is 6.54 Å². The summed E-state index contributed by atoms with van der Waals surface area (Å²) in [5, 5.41) is 7.17. The predicted octanol–water partition coefficient (Wildman–Crippen LogP) is 3.17. The molecule has 0 aliphatic carbocycles. The van der Waals surface area contributed by atoms with Crippen LogP contribution in [0.1, 0.15) is 36.5 Å². The van der Waals surface area contributed by atoms with Crippen LogP contribution in [0.15, 0.2) is 61.2 Å². The van der Waals surface area contributed by atoms with Crippen LogP contribution in [0.5, 0.6) is 0 Å². The summed E-state index contributed by atoms with van der Waals surface area (Å²) < 4.78 is 1.79. The van der Waals surface area contributed by atoms with Crippen LogP contribution in [0.4, 0.5) is 5.69 Å². The zero-order chi connectivity index (χ0) is 20.1. The second-order valence-corrected chi connectivity index (χ2v) is 7.65. The lowest BCUT2D eigenvalue weighted by Gasteiger charge is -2.37. The molecule has 1 aliphatic heterocycles. The van der Waals surface area contributed by atoms with E-state index in [1.807, 2.05) is 0 Å². The number of amides is 1. The minimum Gasteiger partial charge on any atom is -0.368 e. The summed E-state index contributed by atoms with van der Waals surface area (Å²) >= 11 is 0. The molecule has 1 atom stereocenters. The standard InChI is InChI=1S/C23H27N5O/c1-18-6-11-21-4-2-3-5-22(21)28(18)13-12-23(29)25-14-19-7-9-20(10-8-19)15-27-17-24-16-26-27/h2-5,7-10,16-18H,6,11-15H2,1H3,(H,25,29)/t18-/m0/s1. The number of benzene rings is 2. The minimum absolute atomic E-state index is 0.0898. The van der Waals surface area contributed by atoms with E-state index in [2.05, 4.69) is 75.8 Å². The van der Waals surface area contributed by atoms with Gasteiger partial charge in [0.25, 0.3) is 0 Å². The molecule has 0 saturated heterocycles. The Morgan fingerprint density at radius 1 is 1.14 bits per heavy atom. The van der Waals surface area contributed by atoms with Gasteiger partial charge in [0, 0.05) is 31.2 Å². The van der Waals surface area contributed by atoms with Crippen molar-refractivity contribution >= 4 is 11.6 Å². The smallest absolute Gasteiger partial charge is 0.222 e. The molecule has 2 aromatic carbocycles. The Morgan fingerprint density at radius 3 is 2.72 bits per heavy atom. The summed E-state index contributed by atoms with van der Waals surface area (Å²) in [6.07, 6.45) is 6.00. The summed E-state index contributed by atoms with van der Waals surface area (Å²) in [5.74, 6) is 0.0898. The van der Waals surface area contributed by atoms with E-state index in [-0.39, 0.29) is 5.91 Å². The van der Waals surface area contributed by atoms with Gasteiger partial charge in [0.1, 0.15) is 12.7 Å². The number of fused-ring (bicyclic) bond motifs is 1. The molecule has 3 aromatic rings. The molecular weight excluding hydrogens is 362 g/mol. The second-order valence-electron chi connectivity index (χ2n) is 7.65. The van der Waals surface area contributed by atoms with Gasteiger partial charge in [0.2, 0.25) is 5.91 Å². The first-order valence-corrected chi connectivity index (χ1v) is 10.2. The summed E-state index contributed by atoms with van der Waals surface area (Å²) in [5.41, 5.74) is 4.92. The third-order valence-corrected chi connectivity index (χ3v) is 5.57. The van der Waals surface area contributed by atoms with Crippen molar-refractivity contribution in [2.24, 2.45) is 0 Å². The summed E-state index contributed by atoms with van der Waals surface area (Å²) in [4.78, 5) is 18.7. The molecule has 4 rings (SSSR count). The van der Waals surface area contributed by atoms with Crippen LogP contribution in [0.2, 0.25) is 0 Å². The van der Waals surface area contributed by atoms with Crippen molar-refractivity contribution in [3.05, 3.63) is 77.9 Å². The summed E-state index contributed by atoms with van der Waals surface area (Å²) in [6, 6.07) is 17.2. The summed E-state index contributed by atoms with van der Waals surface area (Å²) in [7, 11) is 0. The lowest BCUT2D eigenvalue weighted by molar-refractivity contribution is -0.121. The molecule has 1 aliphatic rings. The normalized spacial score (nSPS) is 15.8. The van der Waals surface area contributed by atoms with Crippen molar-refractivity contribution in [1.82, 2.24) is 20.1 Å². The van der Waals surface area contributed by atoms with Crippen molar-refractivity contribution in [3.63, 3.8) is 0 Å². The second kappa shape index (κ2) is 8.90. The molecule has 0 spiro atoms. The zero-order valence-electron chi connectivity index (χ0n) is 16.8. The molecule has 2 heterocycles. The van der Waals surface area contributed by atoms with Crippen molar-refractivity contribution in [2.45, 2.75) is 45.3 Å². The average molecular weight is 390 g/mol. The highest BCUT2D eigenvalue weighted by atomic mass is 16.1. The van der Waals surface area contributed by atoms with E-state index in [0.29, 0.717) is 25.6 Å². The highest BCUT2D eigenvalue weighted by Crippen LogP contribution is 2.30. The highest BCUT2D eigenvalue weighted by Gasteiger charge is 2.22. The fourth-order valence-electron chi connectivity index (χ4n) is 3.88. The van der Waals surface area contributed by atoms with Gasteiger partial charge in [-0.3, -0.25) is 4.79 Å². The Hall–Kier alpha value is -3.15. The van der Waals surface area contributed by atoms with Gasteiger partial charge in [-0.1, -0.05) is 42.5 Å². The Kier molecular flexibility index (Phi) is 5.89. The van der Waals surface area contributed by atoms with E-state index in [4.69, 9.17) is 0 Å². The Balaban J connectivity index is 1.26. The molecule has 0 radical (unpaired) electrons.